The lowest BCUT2D eigenvalue weighted by Crippen LogP contribution is -2.49. The second-order valence-electron chi connectivity index (χ2n) is 24.2. The molecule has 0 N–H and O–H groups in total. The zero-order valence-electron chi connectivity index (χ0n) is 45.1. The molecule has 0 bridgehead atoms. The van der Waals surface area contributed by atoms with Crippen molar-refractivity contribution in [2.45, 2.75) is 51.6 Å². The van der Waals surface area contributed by atoms with Crippen LogP contribution in [0, 0.1) is 0 Å². The number of hydrogen-bond donors (Lipinski definition) is 0. The molecule has 0 unspecified atom stereocenters. The van der Waals surface area contributed by atoms with Crippen molar-refractivity contribution in [1.29, 1.82) is 0 Å². The fraction of sp³-hybridized carbons (Fsp3) is 0.105. The number of hydrogen-bond acceptors (Lipinski definition) is 2. The first-order valence-corrected chi connectivity index (χ1v) is 31.0. The molecule has 0 saturated heterocycles. The third kappa shape index (κ3) is 5.90. The van der Waals surface area contributed by atoms with Crippen molar-refractivity contribution in [3.05, 3.63) is 241 Å². The van der Waals surface area contributed by atoms with Crippen LogP contribution in [0.2, 0.25) is 13.1 Å². The molecule has 2 nitrogen and oxygen atoms in total. The molecule has 0 saturated carbocycles. The van der Waals surface area contributed by atoms with E-state index in [1.807, 2.05) is 0 Å². The summed E-state index contributed by atoms with van der Waals surface area (Å²) in [5.74, 6) is 0. The zero-order valence-corrected chi connectivity index (χ0v) is 46.1. The van der Waals surface area contributed by atoms with Gasteiger partial charge in [0.1, 0.15) is 30.4 Å². The van der Waals surface area contributed by atoms with Gasteiger partial charge in [-0.1, -0.05) is 235 Å². The Kier molecular flexibility index (Phi) is 8.89. The van der Waals surface area contributed by atoms with E-state index in [1.165, 1.54) is 98.7 Å². The Morgan fingerprint density at radius 2 is 0.582 bits per heavy atom. The average Bonchev–Trinajstić information content (AvgIpc) is 2.93. The molecule has 3 heteroatoms. The fourth-order valence-corrected chi connectivity index (χ4v) is 18.1. The summed E-state index contributed by atoms with van der Waals surface area (Å²) in [5, 5.41) is 12.7. The van der Waals surface area contributed by atoms with Gasteiger partial charge in [-0.15, -0.1) is 0 Å². The molecule has 0 radical (unpaired) electrons. The minimum atomic E-state index is -2.24. The Morgan fingerprint density at radius 1 is 0.266 bits per heavy atom. The molecule has 374 valence electrons. The van der Waals surface area contributed by atoms with Gasteiger partial charge >= 0.3 is 0 Å². The summed E-state index contributed by atoms with van der Waals surface area (Å²) < 4.78 is 14.1. The highest BCUT2D eigenvalue weighted by molar-refractivity contribution is 7.04. The third-order valence-electron chi connectivity index (χ3n) is 19.1. The van der Waals surface area contributed by atoms with Crippen LogP contribution in [0.25, 0.3) is 143 Å². The van der Waals surface area contributed by atoms with Gasteiger partial charge in [-0.25, -0.2) is 0 Å². The molecular formula is C76H54O2Si. The highest BCUT2D eigenvalue weighted by Gasteiger charge is 2.46. The molecule has 12 aromatic carbocycles. The minimum absolute atomic E-state index is 0.261. The van der Waals surface area contributed by atoms with Crippen molar-refractivity contribution in [3.8, 4) is 77.9 Å². The molecule has 3 heterocycles. The predicted octanol–water partition coefficient (Wildman–Crippen LogP) is 19.9. The lowest BCUT2D eigenvalue weighted by Gasteiger charge is -2.24. The second kappa shape index (κ2) is 15.6. The van der Waals surface area contributed by atoms with Crippen LogP contribution >= 0.6 is 0 Å². The molecule has 2 aromatic heterocycles. The van der Waals surface area contributed by atoms with E-state index in [0.717, 1.165) is 77.3 Å². The Labute approximate surface area is 460 Å². The van der Waals surface area contributed by atoms with Gasteiger partial charge in [0, 0.05) is 54.6 Å². The summed E-state index contributed by atoms with van der Waals surface area (Å²) in [6.07, 6.45) is 0. The van der Waals surface area contributed by atoms with Gasteiger partial charge in [0.15, 0.2) is 0 Å². The molecule has 14 aromatic rings. The van der Waals surface area contributed by atoms with E-state index in [2.05, 4.69) is 259 Å². The van der Waals surface area contributed by atoms with E-state index in [1.54, 1.807) is 0 Å². The van der Waals surface area contributed by atoms with E-state index >= 15 is 0 Å². The van der Waals surface area contributed by atoms with Gasteiger partial charge < -0.3 is 8.83 Å². The van der Waals surface area contributed by atoms with Crippen LogP contribution in [0.4, 0.5) is 0 Å². The van der Waals surface area contributed by atoms with Gasteiger partial charge in [-0.05, 0) is 134 Å². The lowest BCUT2D eigenvalue weighted by molar-refractivity contribution is 0.660. The fourth-order valence-electron chi connectivity index (χ4n) is 15.1. The Morgan fingerprint density at radius 3 is 0.975 bits per heavy atom. The van der Waals surface area contributed by atoms with Crippen molar-refractivity contribution >= 4 is 83.9 Å². The molecule has 0 fully saturated rings. The summed E-state index contributed by atoms with van der Waals surface area (Å²) in [4.78, 5) is 0. The number of rotatable bonds is 4. The molecule has 1 aliphatic heterocycles. The third-order valence-corrected chi connectivity index (χ3v) is 22.6. The van der Waals surface area contributed by atoms with Crippen LogP contribution in [-0.4, -0.2) is 8.07 Å². The quantitative estimate of drug-likeness (QED) is 0.164. The summed E-state index contributed by atoms with van der Waals surface area (Å²) in [5.41, 5.74) is 26.4. The first-order chi connectivity index (χ1) is 38.5. The minimum Gasteiger partial charge on any atom is -0.455 e. The maximum Gasteiger partial charge on any atom is 0.143 e. The van der Waals surface area contributed by atoms with Crippen LogP contribution in [0.5, 0.6) is 0 Å². The van der Waals surface area contributed by atoms with Crippen LogP contribution in [-0.2, 0) is 10.8 Å². The predicted molar refractivity (Wildman–Crippen MR) is 335 cm³/mol. The SMILES string of the molecule is CC1(C)c2cc3c(cc2-c2c1cc(-c1cccc4c1oc1c(-c5ccccc5)cccc14)c1ccccc21)[Si](C)(C)c1cc2c(cc1-3)C(C)(C)c1cc(-c3cccc4c3oc3c(-c5ccccc5)cccc34)c3ccccc3c1-2. The average molecular weight is 1030 g/mol. The number of benzene rings is 12. The number of para-hydroxylation sites is 4. The molecule has 2 aliphatic carbocycles. The van der Waals surface area contributed by atoms with Gasteiger partial charge in [0.2, 0.25) is 0 Å². The molecule has 17 rings (SSSR count). The van der Waals surface area contributed by atoms with Crippen LogP contribution in [0.1, 0.15) is 49.9 Å². The van der Waals surface area contributed by atoms with Crippen LogP contribution in [0.3, 0.4) is 0 Å². The molecule has 79 heavy (non-hydrogen) atoms. The first kappa shape index (κ1) is 45.0. The Hall–Kier alpha value is -9.02. The number of furan rings is 2. The van der Waals surface area contributed by atoms with Crippen molar-refractivity contribution in [3.63, 3.8) is 0 Å². The molecule has 3 aliphatic rings. The largest absolute Gasteiger partial charge is 0.455 e. The molecule has 0 amide bonds. The Bertz CT molecular complexity index is 4710. The van der Waals surface area contributed by atoms with E-state index in [-0.39, 0.29) is 10.8 Å². The van der Waals surface area contributed by atoms with Crippen molar-refractivity contribution < 1.29 is 8.83 Å². The highest BCUT2D eigenvalue weighted by Crippen LogP contribution is 2.58. The van der Waals surface area contributed by atoms with Crippen molar-refractivity contribution in [2.24, 2.45) is 0 Å². The number of fused-ring (bicyclic) bond motifs is 19. The van der Waals surface area contributed by atoms with Crippen molar-refractivity contribution in [2.75, 3.05) is 0 Å². The van der Waals surface area contributed by atoms with Crippen molar-refractivity contribution in [1.82, 2.24) is 0 Å². The summed E-state index contributed by atoms with van der Waals surface area (Å²) >= 11 is 0. The first-order valence-electron chi connectivity index (χ1n) is 28.0. The van der Waals surface area contributed by atoms with Gasteiger partial charge in [0.25, 0.3) is 0 Å². The van der Waals surface area contributed by atoms with Gasteiger partial charge in [-0.3, -0.25) is 0 Å². The van der Waals surface area contributed by atoms with E-state index in [4.69, 9.17) is 8.83 Å². The topological polar surface area (TPSA) is 26.3 Å². The standard InChI is InChI=1S/C76H54O2Si/c1-75(2)63-39-59-60-40-64-62(70-50-28-16-14-26-48(50)58(38-66(70)76(64,3)4)56-36-20-34-54-52-32-18-30-46(72(52)78-74(54)56)44-23-11-8-12-24-44)42-68(60)79(5,6)67(59)41-61(63)69-49-27-15-13-25-47(49)57(37-65(69)75)55-35-19-33-53-51-31-17-29-45(71(51)77-73(53)55)43-21-9-7-10-22-43/h7-42H,1-6H3. The van der Waals surface area contributed by atoms with E-state index < -0.39 is 8.07 Å². The van der Waals surface area contributed by atoms with Gasteiger partial charge in [0.05, 0.1) is 0 Å². The van der Waals surface area contributed by atoms with E-state index in [9.17, 15) is 0 Å². The normalized spacial score (nSPS) is 15.0. The lowest BCUT2D eigenvalue weighted by atomic mass is 9.79. The second-order valence-corrected chi connectivity index (χ2v) is 28.5. The maximum absolute atomic E-state index is 7.07. The maximum atomic E-state index is 7.07. The smallest absolute Gasteiger partial charge is 0.143 e. The van der Waals surface area contributed by atoms with E-state index in [0.29, 0.717) is 0 Å². The van der Waals surface area contributed by atoms with Crippen LogP contribution < -0.4 is 10.4 Å². The monoisotopic (exact) mass is 1030 g/mol. The highest BCUT2D eigenvalue weighted by atomic mass is 28.3. The summed E-state index contributed by atoms with van der Waals surface area (Å²) in [6.45, 7) is 15.0. The summed E-state index contributed by atoms with van der Waals surface area (Å²) in [7, 11) is -2.24. The molecule has 0 atom stereocenters. The molecule has 0 spiro atoms. The zero-order chi connectivity index (χ0) is 52.8. The van der Waals surface area contributed by atoms with Crippen LogP contribution in [0.15, 0.2) is 227 Å². The molecular weight excluding hydrogens is 973 g/mol. The Balaban J connectivity index is 0.814. The van der Waals surface area contributed by atoms with Gasteiger partial charge in [-0.2, -0.15) is 0 Å². The summed E-state index contributed by atoms with van der Waals surface area (Å²) in [6, 6.07) is 81.5.